The summed E-state index contributed by atoms with van der Waals surface area (Å²) >= 11 is 0. The van der Waals surface area contributed by atoms with Gasteiger partial charge < -0.3 is 5.11 Å². The highest BCUT2D eigenvalue weighted by Gasteiger charge is 2.49. The van der Waals surface area contributed by atoms with Crippen molar-refractivity contribution >= 4 is 0 Å². The van der Waals surface area contributed by atoms with Crippen LogP contribution in [0, 0.1) is 12.3 Å². The normalized spacial score (nSPS) is 34.9. The van der Waals surface area contributed by atoms with E-state index < -0.39 is 0 Å². The van der Waals surface area contributed by atoms with Crippen LogP contribution in [0.5, 0.6) is 0 Å². The topological polar surface area (TPSA) is 20.2 Å². The molecule has 1 aromatic rings. The summed E-state index contributed by atoms with van der Waals surface area (Å²) < 4.78 is 0. The zero-order chi connectivity index (χ0) is 11.1. The Morgan fingerprint density at radius 1 is 1.20 bits per heavy atom. The smallest absolute Gasteiger partial charge is 0.0485 e. The molecule has 82 valence electrons. The standard InChI is InChI=1S/C14H20O/c1-11-6-4-5-7-12(11)14(3)8-13(2,9-14)10-15/h4-7,15H,8-10H2,1-3H3. The summed E-state index contributed by atoms with van der Waals surface area (Å²) in [6, 6.07) is 8.61. The Morgan fingerprint density at radius 3 is 2.33 bits per heavy atom. The van der Waals surface area contributed by atoms with E-state index >= 15 is 0 Å². The Kier molecular flexibility index (Phi) is 2.38. The maximum Gasteiger partial charge on any atom is 0.0485 e. The van der Waals surface area contributed by atoms with Gasteiger partial charge in [-0.15, -0.1) is 0 Å². The van der Waals surface area contributed by atoms with Gasteiger partial charge in [0, 0.05) is 6.61 Å². The Bertz CT molecular complexity index is 361. The van der Waals surface area contributed by atoms with Crippen molar-refractivity contribution in [2.45, 2.75) is 39.0 Å². The van der Waals surface area contributed by atoms with Crippen LogP contribution < -0.4 is 0 Å². The molecule has 0 amide bonds. The molecular weight excluding hydrogens is 184 g/mol. The van der Waals surface area contributed by atoms with E-state index in [4.69, 9.17) is 0 Å². The van der Waals surface area contributed by atoms with E-state index in [1.54, 1.807) is 0 Å². The molecule has 1 heteroatoms. The zero-order valence-electron chi connectivity index (χ0n) is 9.88. The second-order valence-corrected chi connectivity index (χ2v) is 5.70. The Hall–Kier alpha value is -0.820. The number of aliphatic hydroxyl groups excluding tert-OH is 1. The summed E-state index contributed by atoms with van der Waals surface area (Å²) in [5.74, 6) is 0. The van der Waals surface area contributed by atoms with Gasteiger partial charge in [-0.25, -0.2) is 0 Å². The molecule has 0 heterocycles. The molecule has 0 atom stereocenters. The fourth-order valence-corrected chi connectivity index (χ4v) is 3.38. The molecule has 15 heavy (non-hydrogen) atoms. The van der Waals surface area contributed by atoms with E-state index in [1.165, 1.54) is 11.1 Å². The molecule has 0 unspecified atom stereocenters. The minimum Gasteiger partial charge on any atom is -0.396 e. The van der Waals surface area contributed by atoms with Gasteiger partial charge >= 0.3 is 0 Å². The first-order valence-corrected chi connectivity index (χ1v) is 5.66. The largest absolute Gasteiger partial charge is 0.396 e. The van der Waals surface area contributed by atoms with Crippen LogP contribution in [-0.4, -0.2) is 11.7 Å². The predicted molar refractivity (Wildman–Crippen MR) is 63.0 cm³/mol. The lowest BCUT2D eigenvalue weighted by Crippen LogP contribution is -2.48. The van der Waals surface area contributed by atoms with Gasteiger partial charge in [-0.2, -0.15) is 0 Å². The van der Waals surface area contributed by atoms with Gasteiger partial charge in [-0.05, 0) is 41.7 Å². The summed E-state index contributed by atoms with van der Waals surface area (Å²) in [4.78, 5) is 0. The monoisotopic (exact) mass is 204 g/mol. The Labute approximate surface area is 92.1 Å². The lowest BCUT2D eigenvalue weighted by molar-refractivity contribution is -0.00450. The molecule has 0 bridgehead atoms. The van der Waals surface area contributed by atoms with Crippen molar-refractivity contribution in [1.82, 2.24) is 0 Å². The molecule has 1 aromatic carbocycles. The highest BCUT2D eigenvalue weighted by atomic mass is 16.3. The first-order chi connectivity index (χ1) is 6.99. The minimum absolute atomic E-state index is 0.150. The number of rotatable bonds is 2. The number of aliphatic hydroxyl groups is 1. The maximum atomic E-state index is 9.29. The number of aryl methyl sites for hydroxylation is 1. The number of benzene rings is 1. The van der Waals surface area contributed by atoms with E-state index in [1.807, 2.05) is 0 Å². The molecule has 1 saturated carbocycles. The molecule has 0 radical (unpaired) electrons. The van der Waals surface area contributed by atoms with Gasteiger partial charge in [-0.1, -0.05) is 38.1 Å². The van der Waals surface area contributed by atoms with Gasteiger partial charge in [0.25, 0.3) is 0 Å². The molecule has 1 aliphatic carbocycles. The van der Waals surface area contributed by atoms with Crippen LogP contribution in [0.25, 0.3) is 0 Å². The molecule has 1 aliphatic rings. The molecule has 0 saturated heterocycles. The summed E-state index contributed by atoms with van der Waals surface area (Å²) in [6.07, 6.45) is 2.20. The van der Waals surface area contributed by atoms with Crippen LogP contribution in [-0.2, 0) is 5.41 Å². The van der Waals surface area contributed by atoms with E-state index in [9.17, 15) is 5.11 Å². The third kappa shape index (κ3) is 1.69. The summed E-state index contributed by atoms with van der Waals surface area (Å²) in [5, 5.41) is 9.29. The highest BCUT2D eigenvalue weighted by molar-refractivity contribution is 5.36. The Morgan fingerprint density at radius 2 is 1.80 bits per heavy atom. The van der Waals surface area contributed by atoms with Crippen LogP contribution >= 0.6 is 0 Å². The van der Waals surface area contributed by atoms with Crippen molar-refractivity contribution < 1.29 is 5.11 Å². The molecule has 1 N–H and O–H groups in total. The lowest BCUT2D eigenvalue weighted by Gasteiger charge is -2.53. The van der Waals surface area contributed by atoms with Crippen LogP contribution in [0.3, 0.4) is 0 Å². The van der Waals surface area contributed by atoms with Crippen LogP contribution in [0.4, 0.5) is 0 Å². The first kappa shape index (κ1) is 10.7. The second kappa shape index (κ2) is 3.34. The molecule has 1 nitrogen and oxygen atoms in total. The maximum absolute atomic E-state index is 9.29. The van der Waals surface area contributed by atoms with E-state index in [0.29, 0.717) is 6.61 Å². The molecule has 2 rings (SSSR count). The average molecular weight is 204 g/mol. The van der Waals surface area contributed by atoms with Gasteiger partial charge in [-0.3, -0.25) is 0 Å². The number of hydrogen-bond donors (Lipinski definition) is 1. The fourth-order valence-electron chi connectivity index (χ4n) is 3.38. The molecule has 0 aliphatic heterocycles. The van der Waals surface area contributed by atoms with Crippen molar-refractivity contribution in [2.75, 3.05) is 6.61 Å². The molecule has 0 aromatic heterocycles. The number of hydrogen-bond acceptors (Lipinski definition) is 1. The van der Waals surface area contributed by atoms with Gasteiger partial charge in [0.15, 0.2) is 0 Å². The van der Waals surface area contributed by atoms with E-state index in [2.05, 4.69) is 45.0 Å². The quantitative estimate of drug-likeness (QED) is 0.785. The molecule has 0 spiro atoms. The van der Waals surface area contributed by atoms with Gasteiger partial charge in [0.2, 0.25) is 0 Å². The Balaban J connectivity index is 2.24. The minimum atomic E-state index is 0.150. The van der Waals surface area contributed by atoms with E-state index in [0.717, 1.165) is 12.8 Å². The van der Waals surface area contributed by atoms with Crippen LogP contribution in [0.15, 0.2) is 24.3 Å². The summed E-state index contributed by atoms with van der Waals surface area (Å²) in [7, 11) is 0. The van der Waals surface area contributed by atoms with Crippen molar-refractivity contribution in [1.29, 1.82) is 0 Å². The first-order valence-electron chi connectivity index (χ1n) is 5.66. The van der Waals surface area contributed by atoms with Crippen molar-refractivity contribution in [3.05, 3.63) is 35.4 Å². The molecular formula is C14H20O. The van der Waals surface area contributed by atoms with Crippen molar-refractivity contribution in [3.8, 4) is 0 Å². The predicted octanol–water partition coefficient (Wildman–Crippen LogP) is 3.05. The van der Waals surface area contributed by atoms with E-state index in [-0.39, 0.29) is 10.8 Å². The third-order valence-corrected chi connectivity index (χ3v) is 3.81. The van der Waals surface area contributed by atoms with Crippen molar-refractivity contribution in [3.63, 3.8) is 0 Å². The third-order valence-electron chi connectivity index (χ3n) is 3.81. The lowest BCUT2D eigenvalue weighted by atomic mass is 9.52. The fraction of sp³-hybridized carbons (Fsp3) is 0.571. The van der Waals surface area contributed by atoms with Crippen molar-refractivity contribution in [2.24, 2.45) is 5.41 Å². The average Bonchev–Trinajstić information content (AvgIpc) is 2.16. The SMILES string of the molecule is Cc1ccccc1C1(C)CC(C)(CO)C1. The summed E-state index contributed by atoms with van der Waals surface area (Å²) in [5.41, 5.74) is 3.26. The second-order valence-electron chi connectivity index (χ2n) is 5.70. The molecule has 1 fully saturated rings. The van der Waals surface area contributed by atoms with Crippen LogP contribution in [0.1, 0.15) is 37.8 Å². The van der Waals surface area contributed by atoms with Crippen LogP contribution in [0.2, 0.25) is 0 Å². The zero-order valence-corrected chi connectivity index (χ0v) is 9.88. The highest BCUT2D eigenvalue weighted by Crippen LogP contribution is 2.55. The van der Waals surface area contributed by atoms with Gasteiger partial charge in [0.05, 0.1) is 0 Å². The van der Waals surface area contributed by atoms with Gasteiger partial charge in [0.1, 0.15) is 0 Å². The summed E-state index contributed by atoms with van der Waals surface area (Å²) in [6.45, 7) is 6.98.